The van der Waals surface area contributed by atoms with Crippen LogP contribution in [-0.4, -0.2) is 187 Å². The van der Waals surface area contributed by atoms with Crippen LogP contribution >= 0.6 is 0 Å². The summed E-state index contributed by atoms with van der Waals surface area (Å²) in [6, 6.07) is 9.43. The lowest BCUT2D eigenvalue weighted by molar-refractivity contribution is 0.187. The Balaban J connectivity index is -0.000000226. The van der Waals surface area contributed by atoms with Gasteiger partial charge in [-0.15, -0.1) is 0 Å². The summed E-state index contributed by atoms with van der Waals surface area (Å²) >= 11 is 0. The van der Waals surface area contributed by atoms with Crippen molar-refractivity contribution in [3.8, 4) is 0 Å². The molecule has 0 amide bonds. The van der Waals surface area contributed by atoms with Crippen LogP contribution in [0, 0.1) is 59.2 Å². The van der Waals surface area contributed by atoms with Gasteiger partial charge in [-0.2, -0.15) is 0 Å². The molecule has 0 spiro atoms. The molecule has 16 atom stereocenters. The third-order valence-corrected chi connectivity index (χ3v) is 24.3. The van der Waals surface area contributed by atoms with Gasteiger partial charge in [-0.25, -0.2) is 0 Å². The maximum atomic E-state index is 5.77. The molecule has 8 fully saturated rings. The van der Waals surface area contributed by atoms with Crippen LogP contribution in [0.25, 0.3) is 0 Å². The SMILES string of the molecule is C.CC(C)(C)NC1CC(N)C1.CC(C)(C)NC1CC[C@H]1N.CC(C)CNC(C)(C)C.CC(C)CNC(C)(C)C.CC(C)[C@@H](C)NC(C)(C)C.CC(C)[C@H](C)NC(C)(C)C.CC1CC(NC(C)(C)C)C1.CCCNC(C)(C)C.CC[C@@H](C)NC(C)(C)C.CC[C@H](C)NC(C)(C)C.C[C@@H]1CC1NC(C)(C)C.C[C@@H]1CC1NC(C)(C)C.C[C@@H]1CCC1NC(C)(C)C.C[C@H]1CC1NC(C)(C)C.C[C@H]1CCC1NC(C)(C)C. The summed E-state index contributed by atoms with van der Waals surface area (Å²) in [6.45, 7) is 150. The van der Waals surface area contributed by atoms with E-state index in [1.54, 1.807) is 0 Å². The van der Waals surface area contributed by atoms with Crippen LogP contribution in [0.5, 0.6) is 0 Å². The van der Waals surface area contributed by atoms with Gasteiger partial charge < -0.3 is 91.2 Å². The van der Waals surface area contributed by atoms with Crippen molar-refractivity contribution in [1.82, 2.24) is 79.8 Å². The van der Waals surface area contributed by atoms with Gasteiger partial charge in [-0.1, -0.05) is 125 Å². The predicted octanol–water partition coefficient (Wildman–Crippen LogP) is 29.3. The summed E-state index contributed by atoms with van der Waals surface area (Å²) in [6.07, 6.45) is 20.8. The molecule has 0 radical (unpaired) electrons. The second kappa shape index (κ2) is 71.4. The van der Waals surface area contributed by atoms with E-state index in [1.165, 1.54) is 89.9 Å². The molecule has 17 heteroatoms. The highest BCUT2D eigenvalue weighted by atomic mass is 15.1. The lowest BCUT2D eigenvalue weighted by Gasteiger charge is -2.39. The molecule has 8 aliphatic carbocycles. The van der Waals surface area contributed by atoms with E-state index in [1.807, 2.05) is 0 Å². The maximum absolute atomic E-state index is 5.77. The van der Waals surface area contributed by atoms with E-state index < -0.39 is 0 Å². The molecule has 17 nitrogen and oxygen atoms in total. The Kier molecular flexibility index (Phi) is 78.7. The smallest absolute Gasteiger partial charge is 0.0224 e. The summed E-state index contributed by atoms with van der Waals surface area (Å²) in [4.78, 5) is 0. The third-order valence-electron chi connectivity index (χ3n) is 24.3. The van der Waals surface area contributed by atoms with E-state index in [0.717, 1.165) is 128 Å². The molecule has 6 unspecified atom stereocenters. The fraction of sp³-hybridized carbons (Fsp3) is 1.00. The number of hydrogen-bond donors (Lipinski definition) is 17. The molecule has 0 aromatic rings. The van der Waals surface area contributed by atoms with E-state index >= 15 is 0 Å². The zero-order chi connectivity index (χ0) is 113. The molecule has 19 N–H and O–H groups in total. The van der Waals surface area contributed by atoms with Crippen molar-refractivity contribution in [1.29, 1.82) is 0 Å². The Morgan fingerprint density at radius 3 is 0.542 bits per heavy atom. The van der Waals surface area contributed by atoms with Crippen molar-refractivity contribution in [3.05, 3.63) is 0 Å². The van der Waals surface area contributed by atoms with E-state index in [0.29, 0.717) is 87.1 Å². The zero-order valence-corrected chi connectivity index (χ0v) is 109. The molecule has 0 heterocycles. The van der Waals surface area contributed by atoms with E-state index in [2.05, 4.69) is 537 Å². The Morgan fingerprint density at radius 1 is 0.239 bits per heavy atom. The molecule has 868 valence electrons. The van der Waals surface area contributed by atoms with Gasteiger partial charge in [0.05, 0.1) is 0 Å². The molecular weight excluding hydrogens is 1740 g/mol. The lowest BCUT2D eigenvalue weighted by atomic mass is 9.80. The van der Waals surface area contributed by atoms with Gasteiger partial charge in [0.2, 0.25) is 0 Å². The molecule has 8 rings (SSSR count). The molecule has 0 bridgehead atoms. The first-order valence-electron chi connectivity index (χ1n) is 58.4. The molecule has 0 aromatic heterocycles. The van der Waals surface area contributed by atoms with Gasteiger partial charge in [0, 0.05) is 168 Å². The van der Waals surface area contributed by atoms with Gasteiger partial charge in [-0.05, 0) is 521 Å². The first kappa shape index (κ1) is 157. The minimum absolute atomic E-state index is 0. The van der Waals surface area contributed by atoms with Crippen LogP contribution in [-0.2, 0) is 0 Å². The minimum atomic E-state index is 0. The topological polar surface area (TPSA) is 232 Å². The second-order valence-electron chi connectivity index (χ2n) is 62.5. The quantitative estimate of drug-likeness (QED) is 0.0483. The maximum Gasteiger partial charge on any atom is 0.0224 e. The Bertz CT molecular complexity index is 2570. The predicted molar refractivity (Wildman–Crippen MR) is 654 cm³/mol. The summed E-state index contributed by atoms with van der Waals surface area (Å²) < 4.78 is 0. The van der Waals surface area contributed by atoms with Crippen LogP contribution < -0.4 is 91.2 Å². The first-order valence-corrected chi connectivity index (χ1v) is 58.4. The molecule has 0 saturated heterocycles. The lowest BCUT2D eigenvalue weighted by Crippen LogP contribution is -2.58. The standard InChI is InChI=1S/3C9H19N.2C9H21N.2C8H18N2.3C8H17N.4C8H19N.C7H17N.CH4/c1-7-5-8(6-7)10-9(2,3)4;2*1-7-5-6-8(7)10-9(2,3)4;2*1-7(2)8(3)10-9(4,5)6;1-8(2,3)10-7-4-6(9)5-7;1-8(2,3)10-7-5-4-6(7)9;3*1-6-5-7(6)9-8(2,3)4;2*1-7(2)6-9-8(3,4)5;2*1-6-7(2)9-8(3,4)5;1-5-6-8-7(2,3)4;/h3*7-8,10H,5-6H2,1-4H3;2*7-8,10H,1-6H3;2*6-7,10H,4-5,9H2,1-3H3;3*6-7,9H,5H2,1-4H3;4*7,9H,6H2,1-5H3;8H,5-6H2,1-4H3;1H4/t;2*7-,8?;2*8-;;4*6-,7?;;;2*7-;;/m.1010.1110..10../s1. The third kappa shape index (κ3) is 120. The highest BCUT2D eigenvalue weighted by molar-refractivity contribution is 4.99. The van der Waals surface area contributed by atoms with Crippen molar-refractivity contribution in [2.75, 3.05) is 19.6 Å². The normalized spacial score (nSPS) is 24.9. The minimum Gasteiger partial charge on any atom is -0.328 e. The largest absolute Gasteiger partial charge is 0.328 e. The van der Waals surface area contributed by atoms with E-state index in [9.17, 15) is 0 Å². The summed E-state index contributed by atoms with van der Waals surface area (Å²) in [5.41, 5.74) is 15.7. The summed E-state index contributed by atoms with van der Waals surface area (Å²) in [5.74, 6) is 8.47. The molecule has 8 saturated carbocycles. The van der Waals surface area contributed by atoms with Crippen LogP contribution in [0.4, 0.5) is 0 Å². The van der Waals surface area contributed by atoms with Crippen LogP contribution in [0.3, 0.4) is 0 Å². The Hall–Kier alpha value is -0.680. The van der Waals surface area contributed by atoms with Crippen molar-refractivity contribution in [2.24, 2.45) is 70.6 Å². The highest BCUT2D eigenvalue weighted by Crippen LogP contribution is 2.34. The van der Waals surface area contributed by atoms with Gasteiger partial charge in [0.1, 0.15) is 0 Å². The summed E-state index contributed by atoms with van der Waals surface area (Å²) in [5, 5.41) is 52.6. The molecule has 8 aliphatic rings. The number of rotatable bonds is 22. The van der Waals surface area contributed by atoms with Crippen molar-refractivity contribution >= 4 is 0 Å². The first-order chi connectivity index (χ1) is 62.3. The monoisotopic (exact) mass is 2020 g/mol. The van der Waals surface area contributed by atoms with Crippen LogP contribution in [0.15, 0.2) is 0 Å². The van der Waals surface area contributed by atoms with E-state index in [4.69, 9.17) is 11.5 Å². The van der Waals surface area contributed by atoms with Crippen LogP contribution in [0.1, 0.15) is 567 Å². The fourth-order valence-corrected chi connectivity index (χ4v) is 15.3. The average molecular weight is 2020 g/mol. The number of hydrogen-bond acceptors (Lipinski definition) is 17. The van der Waals surface area contributed by atoms with Crippen molar-refractivity contribution < 1.29 is 0 Å². The molecule has 142 heavy (non-hydrogen) atoms. The van der Waals surface area contributed by atoms with Gasteiger partial charge in [-0.3, -0.25) is 0 Å². The number of nitrogens with two attached hydrogens (primary N) is 2. The van der Waals surface area contributed by atoms with Crippen LogP contribution in [0.2, 0.25) is 0 Å². The van der Waals surface area contributed by atoms with Gasteiger partial charge in [0.15, 0.2) is 0 Å². The molecule has 0 aromatic carbocycles. The summed E-state index contributed by atoms with van der Waals surface area (Å²) in [7, 11) is 0. The van der Waals surface area contributed by atoms with Crippen molar-refractivity contribution in [2.45, 2.75) is 735 Å². The van der Waals surface area contributed by atoms with E-state index in [-0.39, 0.29) is 51.7 Å². The Morgan fingerprint density at radius 2 is 0.458 bits per heavy atom. The average Bonchev–Trinajstić information content (AvgIpc) is 1.78. The molecular formula is C125H283N17. The Labute approximate surface area is 899 Å². The van der Waals surface area contributed by atoms with Gasteiger partial charge in [0.25, 0.3) is 0 Å². The fourth-order valence-electron chi connectivity index (χ4n) is 15.3. The van der Waals surface area contributed by atoms with Gasteiger partial charge >= 0.3 is 0 Å². The highest BCUT2D eigenvalue weighted by Gasteiger charge is 2.39. The second-order valence-corrected chi connectivity index (χ2v) is 62.5. The van der Waals surface area contributed by atoms with Crippen molar-refractivity contribution in [3.63, 3.8) is 0 Å². The number of nitrogens with one attached hydrogen (secondary N) is 15. The molecule has 0 aliphatic heterocycles. The zero-order valence-electron chi connectivity index (χ0n) is 109.